The Morgan fingerprint density at radius 1 is 1.43 bits per heavy atom. The summed E-state index contributed by atoms with van der Waals surface area (Å²) in [5.41, 5.74) is 0.413. The maximum Gasteiger partial charge on any atom is 0.247 e. The normalized spacial score (nSPS) is 11.6. The summed E-state index contributed by atoms with van der Waals surface area (Å²) in [6.45, 7) is 7.12. The maximum atomic E-state index is 12.3. The summed E-state index contributed by atoms with van der Waals surface area (Å²) in [5, 5.41) is 11.4. The van der Waals surface area contributed by atoms with Crippen molar-refractivity contribution in [3.8, 4) is 0 Å². The first kappa shape index (κ1) is 15.8. The molecule has 0 aliphatic heterocycles. The number of aryl methyl sites for hydroxylation is 2. The molecule has 114 valence electrons. The molecule has 2 aromatic rings. The Bertz CT molecular complexity index is 616. The number of halogens is 1. The molecule has 0 unspecified atom stereocenters. The van der Waals surface area contributed by atoms with Crippen LogP contribution in [-0.2, 0) is 16.9 Å². The third-order valence-electron chi connectivity index (χ3n) is 3.44. The van der Waals surface area contributed by atoms with Crippen molar-refractivity contribution in [2.75, 3.05) is 6.54 Å². The zero-order valence-electron chi connectivity index (χ0n) is 12.5. The van der Waals surface area contributed by atoms with Crippen molar-refractivity contribution >= 4 is 21.8 Å². The second kappa shape index (κ2) is 6.43. The molecule has 6 nitrogen and oxygen atoms in total. The van der Waals surface area contributed by atoms with E-state index in [2.05, 4.69) is 31.4 Å². The van der Waals surface area contributed by atoms with Gasteiger partial charge in [0.05, 0.1) is 10.7 Å². The van der Waals surface area contributed by atoms with Gasteiger partial charge in [-0.3, -0.25) is 14.2 Å². The van der Waals surface area contributed by atoms with Gasteiger partial charge in [0.25, 0.3) is 0 Å². The van der Waals surface area contributed by atoms with Crippen LogP contribution >= 0.6 is 15.9 Å². The molecule has 1 N–H and O–H groups in total. The van der Waals surface area contributed by atoms with Crippen molar-refractivity contribution in [3.05, 3.63) is 34.8 Å². The minimum atomic E-state index is -0.715. The fourth-order valence-electron chi connectivity index (χ4n) is 1.99. The Morgan fingerprint density at radius 2 is 2.19 bits per heavy atom. The van der Waals surface area contributed by atoms with Gasteiger partial charge in [0, 0.05) is 31.2 Å². The quantitative estimate of drug-likeness (QED) is 0.808. The van der Waals surface area contributed by atoms with Gasteiger partial charge < -0.3 is 5.32 Å². The van der Waals surface area contributed by atoms with Crippen LogP contribution in [0.3, 0.4) is 0 Å². The number of rotatable bonds is 6. The molecule has 0 spiro atoms. The number of hydrogen-bond acceptors (Lipinski definition) is 3. The zero-order chi connectivity index (χ0) is 15.5. The average Bonchev–Trinajstić information content (AvgIpc) is 3.04. The van der Waals surface area contributed by atoms with Crippen LogP contribution in [-0.4, -0.2) is 32.0 Å². The molecule has 2 heterocycles. The zero-order valence-corrected chi connectivity index (χ0v) is 14.1. The summed E-state index contributed by atoms with van der Waals surface area (Å²) in [5.74, 6) is -0.0460. The van der Waals surface area contributed by atoms with Gasteiger partial charge in [-0.05, 0) is 49.2 Å². The average molecular weight is 354 g/mol. The Labute approximate surface area is 132 Å². The van der Waals surface area contributed by atoms with Gasteiger partial charge >= 0.3 is 0 Å². The van der Waals surface area contributed by atoms with Crippen LogP contribution < -0.4 is 5.32 Å². The second-order valence-electron chi connectivity index (χ2n) is 5.47. The Balaban J connectivity index is 1.83. The molecule has 21 heavy (non-hydrogen) atoms. The number of aromatic nitrogens is 4. The molecule has 0 fully saturated rings. The molecule has 2 rings (SSSR count). The Hall–Kier alpha value is -1.63. The van der Waals surface area contributed by atoms with E-state index >= 15 is 0 Å². The van der Waals surface area contributed by atoms with Gasteiger partial charge in [-0.1, -0.05) is 0 Å². The fourth-order valence-corrected chi connectivity index (χ4v) is 2.28. The van der Waals surface area contributed by atoms with Crippen molar-refractivity contribution in [2.24, 2.45) is 0 Å². The first-order valence-electron chi connectivity index (χ1n) is 6.88. The highest BCUT2D eigenvalue weighted by atomic mass is 79.9. The van der Waals surface area contributed by atoms with Crippen molar-refractivity contribution in [1.82, 2.24) is 24.9 Å². The number of amides is 1. The Morgan fingerprint density at radius 3 is 2.76 bits per heavy atom. The van der Waals surface area contributed by atoms with Crippen molar-refractivity contribution in [2.45, 2.75) is 39.3 Å². The minimum absolute atomic E-state index is 0.0460. The van der Waals surface area contributed by atoms with Gasteiger partial charge in [0.15, 0.2) is 0 Å². The summed E-state index contributed by atoms with van der Waals surface area (Å²) in [7, 11) is 0. The minimum Gasteiger partial charge on any atom is -0.354 e. The van der Waals surface area contributed by atoms with E-state index in [9.17, 15) is 4.79 Å². The monoisotopic (exact) mass is 353 g/mol. The molecule has 0 bridgehead atoms. The lowest BCUT2D eigenvalue weighted by atomic mass is 10.1. The topological polar surface area (TPSA) is 64.7 Å². The third kappa shape index (κ3) is 3.72. The van der Waals surface area contributed by atoms with E-state index in [0.29, 0.717) is 6.54 Å². The third-order valence-corrected chi connectivity index (χ3v) is 3.85. The summed E-state index contributed by atoms with van der Waals surface area (Å²) in [6, 6.07) is 1.97. The summed E-state index contributed by atoms with van der Waals surface area (Å²) >= 11 is 3.34. The molecule has 0 aliphatic carbocycles. The number of carbonyl (C=O) groups excluding carboxylic acids is 1. The molecule has 0 atom stereocenters. The van der Waals surface area contributed by atoms with Gasteiger partial charge in [-0.2, -0.15) is 10.2 Å². The van der Waals surface area contributed by atoms with Crippen molar-refractivity contribution < 1.29 is 4.79 Å². The molecule has 7 heteroatoms. The first-order chi connectivity index (χ1) is 9.91. The molecule has 0 saturated heterocycles. The van der Waals surface area contributed by atoms with Crippen LogP contribution in [0.1, 0.15) is 26.0 Å². The molecule has 0 radical (unpaired) electrons. The van der Waals surface area contributed by atoms with Gasteiger partial charge in [0.2, 0.25) is 5.91 Å². The SMILES string of the molecule is Cc1ccnn1CCCNC(=O)C(C)(C)n1cc(Br)cn1. The lowest BCUT2D eigenvalue weighted by molar-refractivity contribution is -0.128. The van der Waals surface area contributed by atoms with Crippen LogP contribution in [0.2, 0.25) is 0 Å². The van der Waals surface area contributed by atoms with Gasteiger partial charge in [0.1, 0.15) is 5.54 Å². The van der Waals surface area contributed by atoms with E-state index in [1.165, 1.54) is 0 Å². The standard InChI is InChI=1S/C14H20BrN5O/c1-11-5-7-17-19(11)8-4-6-16-13(21)14(2,3)20-10-12(15)9-18-20/h5,7,9-10H,4,6,8H2,1-3H3,(H,16,21). The summed E-state index contributed by atoms with van der Waals surface area (Å²) in [4.78, 5) is 12.3. The highest BCUT2D eigenvalue weighted by molar-refractivity contribution is 9.10. The van der Waals surface area contributed by atoms with Crippen LogP contribution in [0.5, 0.6) is 0 Å². The molecular formula is C14H20BrN5O. The molecule has 1 amide bonds. The second-order valence-corrected chi connectivity index (χ2v) is 6.38. The maximum absolute atomic E-state index is 12.3. The van der Waals surface area contributed by atoms with E-state index in [0.717, 1.165) is 23.1 Å². The van der Waals surface area contributed by atoms with E-state index < -0.39 is 5.54 Å². The molecule has 0 aliphatic rings. The fraction of sp³-hybridized carbons (Fsp3) is 0.500. The summed E-state index contributed by atoms with van der Waals surface area (Å²) < 4.78 is 4.45. The Kier molecular flexibility index (Phi) is 4.82. The van der Waals surface area contributed by atoms with Crippen molar-refractivity contribution in [3.63, 3.8) is 0 Å². The summed E-state index contributed by atoms with van der Waals surface area (Å²) in [6.07, 6.45) is 6.10. The van der Waals surface area contributed by atoms with Gasteiger partial charge in [-0.25, -0.2) is 0 Å². The first-order valence-corrected chi connectivity index (χ1v) is 7.68. The lowest BCUT2D eigenvalue weighted by Gasteiger charge is -2.24. The number of hydrogen-bond donors (Lipinski definition) is 1. The molecular weight excluding hydrogens is 334 g/mol. The van der Waals surface area contributed by atoms with Crippen LogP contribution in [0.15, 0.2) is 29.1 Å². The smallest absolute Gasteiger partial charge is 0.247 e. The van der Waals surface area contributed by atoms with Gasteiger partial charge in [-0.15, -0.1) is 0 Å². The predicted octanol–water partition coefficient (Wildman–Crippen LogP) is 2.09. The van der Waals surface area contributed by atoms with E-state index in [4.69, 9.17) is 0 Å². The predicted molar refractivity (Wildman–Crippen MR) is 83.8 cm³/mol. The lowest BCUT2D eigenvalue weighted by Crippen LogP contribution is -2.45. The number of carbonyl (C=O) groups is 1. The van der Waals surface area contributed by atoms with Crippen LogP contribution in [0, 0.1) is 6.92 Å². The van der Waals surface area contributed by atoms with Crippen LogP contribution in [0.4, 0.5) is 0 Å². The molecule has 0 saturated carbocycles. The highest BCUT2D eigenvalue weighted by Gasteiger charge is 2.30. The van der Waals surface area contributed by atoms with Crippen LogP contribution in [0.25, 0.3) is 0 Å². The van der Waals surface area contributed by atoms with E-state index in [1.807, 2.05) is 31.5 Å². The molecule has 0 aromatic carbocycles. The van der Waals surface area contributed by atoms with E-state index in [1.54, 1.807) is 23.3 Å². The largest absolute Gasteiger partial charge is 0.354 e. The number of nitrogens with one attached hydrogen (secondary N) is 1. The molecule has 2 aromatic heterocycles. The van der Waals surface area contributed by atoms with Crippen molar-refractivity contribution in [1.29, 1.82) is 0 Å². The van der Waals surface area contributed by atoms with E-state index in [-0.39, 0.29) is 5.91 Å². The number of nitrogens with zero attached hydrogens (tertiary/aromatic N) is 4. The highest BCUT2D eigenvalue weighted by Crippen LogP contribution is 2.17.